The van der Waals surface area contributed by atoms with Gasteiger partial charge >= 0.3 is 0 Å². The van der Waals surface area contributed by atoms with Gasteiger partial charge in [-0.1, -0.05) is 35.3 Å². The van der Waals surface area contributed by atoms with Crippen LogP contribution in [0.4, 0.5) is 4.39 Å². The fraction of sp³-hybridized carbons (Fsp3) is 0.280. The molecule has 1 fully saturated rings. The van der Waals surface area contributed by atoms with Crippen LogP contribution < -0.4 is 5.43 Å². The minimum atomic E-state index is -0.285. The van der Waals surface area contributed by atoms with Crippen molar-refractivity contribution in [3.63, 3.8) is 0 Å². The van der Waals surface area contributed by atoms with Crippen molar-refractivity contribution >= 4 is 52.5 Å². The number of aromatic nitrogens is 2. The average molecular weight is 532 g/mol. The number of rotatable bonds is 4. The number of benzene rings is 2. The first-order valence-electron chi connectivity index (χ1n) is 11.2. The molecule has 1 amide bonds. The second-order valence-corrected chi connectivity index (χ2v) is 10.5. The molecule has 0 saturated carbocycles. The highest BCUT2D eigenvalue weighted by atomic mass is 35.5. The van der Waals surface area contributed by atoms with E-state index in [1.54, 1.807) is 46.8 Å². The topological polar surface area (TPSA) is 53.4 Å². The molecule has 182 valence electrons. The largest absolute Gasteiger partial charge is 0.304 e. The molecule has 0 aliphatic carbocycles. The van der Waals surface area contributed by atoms with Gasteiger partial charge in [0.15, 0.2) is 5.69 Å². The van der Waals surface area contributed by atoms with Gasteiger partial charge in [-0.3, -0.25) is 10.2 Å². The Balaban J connectivity index is 1.58. The molecule has 6 nitrogen and oxygen atoms in total. The van der Waals surface area contributed by atoms with Gasteiger partial charge in [0.2, 0.25) is 0 Å². The fourth-order valence-corrected chi connectivity index (χ4v) is 5.75. The molecule has 0 radical (unpaired) electrons. The molecule has 1 N–H and O–H groups in total. The number of nitrogens with zero attached hydrogens (tertiary/aromatic N) is 4. The molecule has 1 aromatic heterocycles. The summed E-state index contributed by atoms with van der Waals surface area (Å²) in [6, 6.07) is 11.6. The summed E-state index contributed by atoms with van der Waals surface area (Å²) < 4.78 is 15.2. The smallest absolute Gasteiger partial charge is 0.286 e. The quantitative estimate of drug-likeness (QED) is 0.513. The first-order valence-corrected chi connectivity index (χ1v) is 13.2. The molecule has 0 bridgehead atoms. The predicted molar refractivity (Wildman–Crippen MR) is 141 cm³/mol. The number of carbonyl (C=O) groups excluding carboxylic acids is 1. The van der Waals surface area contributed by atoms with E-state index in [0.717, 1.165) is 54.3 Å². The van der Waals surface area contributed by atoms with Gasteiger partial charge < -0.3 is 4.90 Å². The summed E-state index contributed by atoms with van der Waals surface area (Å²) in [5, 5.41) is 7.66. The molecule has 3 heterocycles. The van der Waals surface area contributed by atoms with Gasteiger partial charge in [0.25, 0.3) is 5.91 Å². The Hall–Kier alpha value is -2.36. The Morgan fingerprint density at radius 3 is 2.54 bits per heavy atom. The molecule has 0 unspecified atom stereocenters. The van der Waals surface area contributed by atoms with E-state index in [-0.39, 0.29) is 11.7 Å². The molecular formula is C25H24Cl2FN5OS. The summed E-state index contributed by atoms with van der Waals surface area (Å²) in [5.41, 5.74) is 7.59. The van der Waals surface area contributed by atoms with Crippen LogP contribution in [0.2, 0.25) is 10.0 Å². The highest BCUT2D eigenvalue weighted by Gasteiger charge is 2.30. The Morgan fingerprint density at radius 2 is 1.83 bits per heavy atom. The van der Waals surface area contributed by atoms with Crippen LogP contribution in [0.25, 0.3) is 17.3 Å². The van der Waals surface area contributed by atoms with E-state index in [2.05, 4.69) is 17.4 Å². The maximum Gasteiger partial charge on any atom is 0.286 e. The van der Waals surface area contributed by atoms with Gasteiger partial charge in [-0.05, 0) is 54.6 Å². The monoisotopic (exact) mass is 531 g/mol. The van der Waals surface area contributed by atoms with Crippen molar-refractivity contribution in [3.8, 4) is 5.69 Å². The molecule has 0 atom stereocenters. The highest BCUT2D eigenvalue weighted by Crippen LogP contribution is 2.38. The van der Waals surface area contributed by atoms with Crippen molar-refractivity contribution in [2.24, 2.45) is 0 Å². The summed E-state index contributed by atoms with van der Waals surface area (Å²) in [7, 11) is 2.07. The number of nitrogens with one attached hydrogen (secondary N) is 1. The lowest BCUT2D eigenvalue weighted by atomic mass is 10.0. The lowest BCUT2D eigenvalue weighted by Gasteiger charge is -2.32. The van der Waals surface area contributed by atoms with Gasteiger partial charge in [-0.15, -0.1) is 0 Å². The average Bonchev–Trinajstić information content (AvgIpc) is 3.23. The van der Waals surface area contributed by atoms with E-state index in [1.165, 1.54) is 12.1 Å². The van der Waals surface area contributed by atoms with E-state index in [1.807, 2.05) is 11.1 Å². The number of carbonyl (C=O) groups is 1. The maximum atomic E-state index is 13.5. The number of thioether (sulfide) groups is 1. The molecule has 1 saturated heterocycles. The molecular weight excluding hydrogens is 508 g/mol. The van der Waals surface area contributed by atoms with Crippen molar-refractivity contribution in [1.82, 2.24) is 25.1 Å². The Morgan fingerprint density at radius 1 is 1.09 bits per heavy atom. The van der Waals surface area contributed by atoms with E-state index in [9.17, 15) is 9.18 Å². The van der Waals surface area contributed by atoms with Crippen LogP contribution in [0.1, 0.15) is 27.3 Å². The molecule has 35 heavy (non-hydrogen) atoms. The summed E-state index contributed by atoms with van der Waals surface area (Å²) in [5.74, 6) is 0.845. The molecule has 2 aliphatic heterocycles. The molecule has 2 aliphatic rings. The third-order valence-corrected chi connectivity index (χ3v) is 7.66. The van der Waals surface area contributed by atoms with Crippen molar-refractivity contribution in [1.29, 1.82) is 0 Å². The summed E-state index contributed by atoms with van der Waals surface area (Å²) in [6.45, 7) is 3.26. The predicted octanol–water partition coefficient (Wildman–Crippen LogP) is 5.00. The number of halogens is 3. The minimum Gasteiger partial charge on any atom is -0.304 e. The third kappa shape index (κ3) is 5.27. The normalized spacial score (nSPS) is 18.0. The first kappa shape index (κ1) is 24.3. The number of likely N-dealkylation sites (N-methyl/N-ethyl adjacent to an activating group) is 1. The number of hydrogen-bond donors (Lipinski definition) is 1. The first-order chi connectivity index (χ1) is 16.9. The molecule has 5 rings (SSSR count). The van der Waals surface area contributed by atoms with Gasteiger partial charge in [0, 0.05) is 48.3 Å². The second-order valence-electron chi connectivity index (χ2n) is 8.63. The van der Waals surface area contributed by atoms with E-state index in [0.29, 0.717) is 27.2 Å². The third-order valence-electron chi connectivity index (χ3n) is 6.12. The Labute approximate surface area is 217 Å². The fourth-order valence-electron chi connectivity index (χ4n) is 4.24. The van der Waals surface area contributed by atoms with Crippen LogP contribution in [-0.4, -0.2) is 64.6 Å². The Bertz CT molecular complexity index is 1290. The molecule has 0 spiro atoms. The zero-order valence-corrected chi connectivity index (χ0v) is 21.4. The van der Waals surface area contributed by atoms with Crippen LogP contribution in [0.15, 0.2) is 42.5 Å². The van der Waals surface area contributed by atoms with Crippen molar-refractivity contribution < 1.29 is 9.18 Å². The van der Waals surface area contributed by atoms with E-state index >= 15 is 0 Å². The Kier molecular flexibility index (Phi) is 7.18. The maximum absolute atomic E-state index is 13.5. The van der Waals surface area contributed by atoms with Gasteiger partial charge in [0.05, 0.1) is 16.4 Å². The lowest BCUT2D eigenvalue weighted by molar-refractivity contribution is 0.0656. The lowest BCUT2D eigenvalue weighted by Crippen LogP contribution is -2.52. The minimum absolute atomic E-state index is 0.238. The SMILES string of the molecule is CN1CCN(NC(=O)c2nn(-c3ccc(Cl)cc3Cl)c3c2CSCC3=Cc2ccc(F)cc2)CC1. The van der Waals surface area contributed by atoms with E-state index < -0.39 is 0 Å². The molecule has 3 aromatic rings. The summed E-state index contributed by atoms with van der Waals surface area (Å²) in [6.07, 6.45) is 2.01. The van der Waals surface area contributed by atoms with Crippen LogP contribution in [0.5, 0.6) is 0 Å². The zero-order valence-electron chi connectivity index (χ0n) is 19.1. The van der Waals surface area contributed by atoms with Crippen LogP contribution in [-0.2, 0) is 5.75 Å². The molecule has 2 aromatic carbocycles. The van der Waals surface area contributed by atoms with Crippen molar-refractivity contribution in [2.45, 2.75) is 5.75 Å². The second kappa shape index (κ2) is 10.3. The molecule has 10 heteroatoms. The van der Waals surface area contributed by atoms with E-state index in [4.69, 9.17) is 28.3 Å². The van der Waals surface area contributed by atoms with Gasteiger partial charge in [-0.25, -0.2) is 14.1 Å². The number of amides is 1. The number of hydrazine groups is 1. The van der Waals surface area contributed by atoms with Gasteiger partial charge in [0.1, 0.15) is 5.82 Å². The van der Waals surface area contributed by atoms with Crippen LogP contribution in [0.3, 0.4) is 0 Å². The number of fused-ring (bicyclic) bond motifs is 1. The number of hydrogen-bond acceptors (Lipinski definition) is 5. The highest BCUT2D eigenvalue weighted by molar-refractivity contribution is 7.99. The van der Waals surface area contributed by atoms with Crippen molar-refractivity contribution in [3.05, 3.63) is 80.8 Å². The van der Waals surface area contributed by atoms with Crippen molar-refractivity contribution in [2.75, 3.05) is 39.0 Å². The van der Waals surface area contributed by atoms with Gasteiger partial charge in [-0.2, -0.15) is 16.9 Å². The summed E-state index contributed by atoms with van der Waals surface area (Å²) in [4.78, 5) is 15.6. The van der Waals surface area contributed by atoms with Crippen LogP contribution >= 0.6 is 35.0 Å². The summed E-state index contributed by atoms with van der Waals surface area (Å²) >= 11 is 14.4. The standard InChI is InChI=1S/C25H24Cl2FN5OS/c1-31-8-10-32(11-9-31)30-25(34)23-20-15-35-14-17(12-16-2-5-19(28)6-3-16)24(20)33(29-23)22-7-4-18(26)13-21(22)27/h2-7,12-13H,8-11,14-15H2,1H3,(H,30,34). The van der Waals surface area contributed by atoms with Crippen LogP contribution in [0, 0.1) is 5.82 Å². The number of piperazine rings is 1. The zero-order chi connectivity index (χ0) is 24.5.